The maximum absolute atomic E-state index is 13.6. The van der Waals surface area contributed by atoms with Crippen LogP contribution in [-0.4, -0.2) is 116 Å². The highest BCUT2D eigenvalue weighted by Gasteiger charge is 2.64. The van der Waals surface area contributed by atoms with E-state index in [1.807, 2.05) is 22.8 Å². The number of rotatable bonds is 10. The number of aryl methyl sites for hydroxylation is 3. The fourth-order valence-corrected chi connectivity index (χ4v) is 13.9. The Hall–Kier alpha value is -6.47. The summed E-state index contributed by atoms with van der Waals surface area (Å²) in [5, 5.41) is 22.7. The van der Waals surface area contributed by atoms with Crippen molar-refractivity contribution in [2.24, 2.45) is 23.3 Å². The summed E-state index contributed by atoms with van der Waals surface area (Å²) in [4.78, 5) is 45.2. The molecule has 2 aliphatic carbocycles. The van der Waals surface area contributed by atoms with Crippen molar-refractivity contribution in [3.05, 3.63) is 88.6 Å². The van der Waals surface area contributed by atoms with E-state index in [4.69, 9.17) is 24.5 Å². The number of carbonyl (C=O) groups excluding carboxylic acids is 2. The molecule has 2 aromatic carbocycles. The average molecular weight is 975 g/mol. The van der Waals surface area contributed by atoms with Crippen LogP contribution in [0.4, 0.5) is 17.5 Å². The Kier molecular flexibility index (Phi) is 12.1. The number of likely N-dealkylation sites (tertiary alicyclic amines) is 1. The highest BCUT2D eigenvalue weighted by atomic mass is 16.5. The van der Waals surface area contributed by atoms with E-state index in [9.17, 15) is 14.9 Å². The van der Waals surface area contributed by atoms with Crippen LogP contribution in [-0.2, 0) is 31.2 Å². The Morgan fingerprint density at radius 1 is 0.903 bits per heavy atom. The highest BCUT2D eigenvalue weighted by molar-refractivity contribution is 5.94. The number of amides is 2. The first-order valence-corrected chi connectivity index (χ1v) is 26.2. The van der Waals surface area contributed by atoms with E-state index in [-0.39, 0.29) is 34.8 Å². The van der Waals surface area contributed by atoms with Gasteiger partial charge in [-0.05, 0) is 99.2 Å². The molecule has 6 aliphatic rings. The molecule has 16 heteroatoms. The minimum Gasteiger partial charge on any atom is -0.495 e. The Morgan fingerprint density at radius 2 is 1.64 bits per heavy atom. The summed E-state index contributed by atoms with van der Waals surface area (Å²) >= 11 is 0. The van der Waals surface area contributed by atoms with Gasteiger partial charge >= 0.3 is 0 Å². The molecule has 5 aromatic rings. The topological polar surface area (TPSA) is 163 Å². The van der Waals surface area contributed by atoms with Gasteiger partial charge in [-0.15, -0.1) is 0 Å². The Labute approximate surface area is 423 Å². The second-order valence-electron chi connectivity index (χ2n) is 23.0. The van der Waals surface area contributed by atoms with Gasteiger partial charge in [-0.25, -0.2) is 9.97 Å². The lowest BCUT2D eigenvalue weighted by molar-refractivity contribution is -0.164. The molecule has 1 N–H and O–H groups in total. The number of nitrogens with one attached hydrogen (secondary N) is 1. The van der Waals surface area contributed by atoms with Crippen LogP contribution in [0.5, 0.6) is 11.5 Å². The maximum Gasteiger partial charge on any atom is 0.254 e. The highest BCUT2D eigenvalue weighted by Crippen LogP contribution is 2.56. The van der Waals surface area contributed by atoms with Gasteiger partial charge in [0.05, 0.1) is 37.0 Å². The second kappa shape index (κ2) is 18.2. The zero-order valence-electron chi connectivity index (χ0n) is 43.4. The van der Waals surface area contributed by atoms with Crippen molar-refractivity contribution in [3.63, 3.8) is 0 Å². The maximum atomic E-state index is 13.6. The Balaban J connectivity index is 0.685. The number of anilines is 3. The SMILES string of the molecule is COc1cc(OC2C(C)(C)C(NC(=O)c3cnc(N4CC5(CCC(N6CCC(n7nc(N8CCCc9cc(-c%10cnn(C)c%10)c(C)cc98)c8c7CCN(C(C)=O)C8)CC6)CC5)C4)nc3)C2(C)C)ccc1C#N. The van der Waals surface area contributed by atoms with E-state index in [2.05, 4.69) is 88.8 Å². The molecule has 2 amide bonds. The summed E-state index contributed by atoms with van der Waals surface area (Å²) in [6.07, 6.45) is 17.1. The molecular weight excluding hydrogens is 905 g/mol. The Bertz CT molecular complexity index is 2910. The lowest BCUT2D eigenvalue weighted by atomic mass is 9.49. The second-order valence-corrected chi connectivity index (χ2v) is 23.0. The predicted octanol–water partition coefficient (Wildman–Crippen LogP) is 7.95. The standard InChI is InChI=1S/C56H70N12O4/c1-35-24-47-37(25-44(35)40-30-60-63(7)31-40)10-9-20-67(47)49-45-32-65(36(2)69)23-17-46(45)68(62-49)42-15-21-64(22-16-42)41-13-18-56(19-14-41)33-66(34-56)53-58-28-39(29-59-53)50(70)61-51-54(3,4)52(55(51,5)6)72-43-12-11-38(27-57)48(26-43)71-8/h11-12,24-26,28-31,41-42,51-52H,9-10,13-23,32-34H2,1-8H3,(H,61,70). The smallest absolute Gasteiger partial charge is 0.254 e. The first-order valence-electron chi connectivity index (χ1n) is 26.2. The predicted molar refractivity (Wildman–Crippen MR) is 275 cm³/mol. The number of ether oxygens (including phenoxy) is 2. The van der Waals surface area contributed by atoms with Crippen molar-refractivity contribution in [3.8, 4) is 28.7 Å². The first kappa shape index (κ1) is 47.8. The third-order valence-corrected chi connectivity index (χ3v) is 17.6. The molecule has 16 nitrogen and oxygen atoms in total. The van der Waals surface area contributed by atoms with Crippen molar-refractivity contribution >= 4 is 29.3 Å². The number of piperidine rings is 1. The number of nitriles is 1. The van der Waals surface area contributed by atoms with Crippen LogP contribution >= 0.6 is 0 Å². The van der Waals surface area contributed by atoms with Crippen molar-refractivity contribution in [2.45, 2.75) is 130 Å². The monoisotopic (exact) mass is 975 g/mol. The van der Waals surface area contributed by atoms with Gasteiger partial charge in [-0.2, -0.15) is 15.5 Å². The molecule has 0 unspecified atom stereocenters. The van der Waals surface area contributed by atoms with Crippen LogP contribution in [0.25, 0.3) is 11.1 Å². The minimum atomic E-state index is -0.372. The van der Waals surface area contributed by atoms with E-state index in [0.717, 1.165) is 82.8 Å². The molecule has 11 rings (SSSR count). The lowest BCUT2D eigenvalue weighted by Gasteiger charge is -2.63. The van der Waals surface area contributed by atoms with Crippen LogP contribution < -0.4 is 24.6 Å². The van der Waals surface area contributed by atoms with E-state index in [1.54, 1.807) is 44.6 Å². The number of hydrogen-bond acceptors (Lipinski definition) is 12. The van der Waals surface area contributed by atoms with Gasteiger partial charge in [0.25, 0.3) is 5.91 Å². The van der Waals surface area contributed by atoms with Gasteiger partial charge in [0, 0.05) is 135 Å². The molecule has 378 valence electrons. The average Bonchev–Trinajstić information content (AvgIpc) is 3.99. The summed E-state index contributed by atoms with van der Waals surface area (Å²) in [6, 6.07) is 12.9. The largest absolute Gasteiger partial charge is 0.495 e. The number of nitrogens with zero attached hydrogens (tertiary/aromatic N) is 11. The molecule has 2 saturated carbocycles. The van der Waals surface area contributed by atoms with Gasteiger partial charge in [0.2, 0.25) is 11.9 Å². The van der Waals surface area contributed by atoms with E-state index < -0.39 is 0 Å². The van der Waals surface area contributed by atoms with Crippen LogP contribution in [0.1, 0.15) is 124 Å². The van der Waals surface area contributed by atoms with Gasteiger partial charge in [0.1, 0.15) is 23.7 Å². The number of fused-ring (bicyclic) bond motifs is 2. The quantitative estimate of drug-likeness (QED) is 0.144. The molecule has 2 saturated heterocycles. The molecule has 0 atom stereocenters. The van der Waals surface area contributed by atoms with E-state index in [0.29, 0.717) is 52.6 Å². The summed E-state index contributed by atoms with van der Waals surface area (Å²) in [5.41, 5.74) is 9.19. The minimum absolute atomic E-state index is 0.126. The first-order chi connectivity index (χ1) is 34.5. The zero-order chi connectivity index (χ0) is 50.3. The molecule has 3 aromatic heterocycles. The van der Waals surface area contributed by atoms with Crippen LogP contribution in [0.15, 0.2) is 55.1 Å². The fraction of sp³-hybridized carbons (Fsp3) is 0.554. The number of methoxy groups -OCH3 is 1. The summed E-state index contributed by atoms with van der Waals surface area (Å²) in [5.74, 6) is 2.75. The molecule has 4 aliphatic heterocycles. The molecule has 0 bridgehead atoms. The van der Waals surface area contributed by atoms with Gasteiger partial charge in [-0.3, -0.25) is 19.0 Å². The molecule has 0 radical (unpaired) electrons. The van der Waals surface area contributed by atoms with Crippen molar-refractivity contribution in [1.82, 2.24) is 44.6 Å². The summed E-state index contributed by atoms with van der Waals surface area (Å²) in [7, 11) is 3.51. The van der Waals surface area contributed by atoms with E-state index >= 15 is 0 Å². The van der Waals surface area contributed by atoms with E-state index in [1.165, 1.54) is 59.3 Å². The molecule has 72 heavy (non-hydrogen) atoms. The third kappa shape index (κ3) is 8.35. The zero-order valence-corrected chi connectivity index (χ0v) is 43.4. The molecular formula is C56H70N12O4. The fourth-order valence-electron chi connectivity index (χ4n) is 13.9. The van der Waals surface area contributed by atoms with Crippen LogP contribution in [0, 0.1) is 34.5 Å². The summed E-state index contributed by atoms with van der Waals surface area (Å²) in [6.45, 7) is 18.6. The normalized spacial score (nSPS) is 22.6. The number of carbonyl (C=O) groups is 2. The molecule has 7 heterocycles. The lowest BCUT2D eigenvalue weighted by Crippen LogP contribution is -2.74. The van der Waals surface area contributed by atoms with Gasteiger partial charge < -0.3 is 34.4 Å². The van der Waals surface area contributed by atoms with Gasteiger partial charge in [-0.1, -0.05) is 27.7 Å². The van der Waals surface area contributed by atoms with Crippen LogP contribution in [0.2, 0.25) is 0 Å². The van der Waals surface area contributed by atoms with Crippen LogP contribution in [0.3, 0.4) is 0 Å². The number of hydrogen-bond donors (Lipinski definition) is 1. The number of aromatic nitrogens is 6. The molecule has 1 spiro atoms. The number of benzene rings is 2. The molecule has 4 fully saturated rings. The van der Waals surface area contributed by atoms with Crippen molar-refractivity contribution in [2.75, 3.05) is 56.2 Å². The summed E-state index contributed by atoms with van der Waals surface area (Å²) < 4.78 is 16.1. The van der Waals surface area contributed by atoms with Crippen molar-refractivity contribution in [1.29, 1.82) is 5.26 Å². The van der Waals surface area contributed by atoms with Gasteiger partial charge in [0.15, 0.2) is 5.82 Å². The van der Waals surface area contributed by atoms with Crippen molar-refractivity contribution < 1.29 is 19.1 Å². The third-order valence-electron chi connectivity index (χ3n) is 17.6. The Morgan fingerprint density at radius 3 is 2.31 bits per heavy atom.